The molecule has 1 amide bonds. The number of amides is 1. The summed E-state index contributed by atoms with van der Waals surface area (Å²) < 4.78 is 46.2. The number of benzene rings is 2. The lowest BCUT2D eigenvalue weighted by atomic mass is 9.93. The Bertz CT molecular complexity index is 1590. The lowest BCUT2D eigenvalue weighted by Crippen LogP contribution is -2.42. The van der Waals surface area contributed by atoms with Crippen molar-refractivity contribution in [3.05, 3.63) is 69.0 Å². The van der Waals surface area contributed by atoms with Gasteiger partial charge in [-0.25, -0.2) is 9.97 Å². The van der Waals surface area contributed by atoms with E-state index in [-0.39, 0.29) is 17.4 Å². The zero-order valence-electron chi connectivity index (χ0n) is 24.1. The summed E-state index contributed by atoms with van der Waals surface area (Å²) in [6, 6.07) is 5.47. The van der Waals surface area contributed by atoms with E-state index in [2.05, 4.69) is 20.6 Å². The predicted molar refractivity (Wildman–Crippen MR) is 156 cm³/mol. The molecular weight excluding hydrogens is 565 g/mol. The van der Waals surface area contributed by atoms with Crippen molar-refractivity contribution in [3.63, 3.8) is 0 Å². The van der Waals surface area contributed by atoms with Gasteiger partial charge in [-0.05, 0) is 69.5 Å². The molecule has 1 unspecified atom stereocenters. The molecule has 1 aromatic heterocycles. The minimum absolute atomic E-state index is 0.0423. The van der Waals surface area contributed by atoms with Gasteiger partial charge < -0.3 is 20.3 Å². The van der Waals surface area contributed by atoms with Crippen molar-refractivity contribution >= 4 is 33.9 Å². The van der Waals surface area contributed by atoms with Crippen LogP contribution < -0.4 is 15.4 Å². The van der Waals surface area contributed by atoms with Gasteiger partial charge in [-0.2, -0.15) is 13.2 Å². The van der Waals surface area contributed by atoms with E-state index >= 15 is 0 Å². The van der Waals surface area contributed by atoms with Crippen molar-refractivity contribution in [2.45, 2.75) is 45.3 Å². The lowest BCUT2D eigenvalue weighted by Gasteiger charge is -2.32. The van der Waals surface area contributed by atoms with Crippen LogP contribution in [0.2, 0.25) is 0 Å². The summed E-state index contributed by atoms with van der Waals surface area (Å²) in [7, 11) is 1.57. The van der Waals surface area contributed by atoms with Gasteiger partial charge in [0, 0.05) is 48.2 Å². The molecule has 0 saturated carbocycles. The molecule has 2 N–H and O–H groups in total. The van der Waals surface area contributed by atoms with Gasteiger partial charge in [0.25, 0.3) is 5.69 Å². The number of carbonyl (C=O) groups excluding carboxylic acids is 1. The fraction of sp³-hybridized carbons (Fsp3) is 0.433. The predicted octanol–water partition coefficient (Wildman–Crippen LogP) is 5.66. The highest BCUT2D eigenvalue weighted by Gasteiger charge is 2.33. The van der Waals surface area contributed by atoms with E-state index in [1.807, 2.05) is 17.0 Å². The maximum atomic E-state index is 13.5. The molecule has 0 spiro atoms. The Balaban J connectivity index is 1.47. The summed E-state index contributed by atoms with van der Waals surface area (Å²) in [5.41, 5.74) is 0.720. The number of nitro benzene ring substituents is 1. The third-order valence-corrected chi connectivity index (χ3v) is 8.02. The molecule has 2 aliphatic rings. The van der Waals surface area contributed by atoms with Crippen LogP contribution in [0.25, 0.3) is 16.5 Å². The summed E-state index contributed by atoms with van der Waals surface area (Å²) in [5, 5.41) is 18.4. The fourth-order valence-electron chi connectivity index (χ4n) is 5.69. The van der Waals surface area contributed by atoms with Crippen molar-refractivity contribution < 1.29 is 27.6 Å². The molecule has 3 heterocycles. The van der Waals surface area contributed by atoms with Crippen LogP contribution in [0.15, 0.2) is 36.4 Å². The number of rotatable bonds is 7. The molecule has 1 atom stereocenters. The van der Waals surface area contributed by atoms with E-state index < -0.39 is 28.4 Å². The van der Waals surface area contributed by atoms with E-state index in [1.165, 1.54) is 0 Å². The van der Waals surface area contributed by atoms with Crippen LogP contribution in [0.5, 0.6) is 5.75 Å². The number of aromatic nitrogens is 2. The van der Waals surface area contributed by atoms with Crippen LogP contribution in [-0.2, 0) is 11.0 Å². The number of aryl methyl sites for hydroxylation is 1. The Morgan fingerprint density at radius 3 is 2.56 bits per heavy atom. The van der Waals surface area contributed by atoms with Gasteiger partial charge in [0.15, 0.2) is 0 Å². The molecule has 0 bridgehead atoms. The third-order valence-electron chi connectivity index (χ3n) is 8.02. The number of hydrogen-bond acceptors (Lipinski definition) is 8. The van der Waals surface area contributed by atoms with Gasteiger partial charge in [-0.15, -0.1) is 0 Å². The smallest absolute Gasteiger partial charge is 0.416 e. The van der Waals surface area contributed by atoms with E-state index in [0.29, 0.717) is 53.9 Å². The number of piperidine rings is 1. The first-order chi connectivity index (χ1) is 20.4. The first-order valence-electron chi connectivity index (χ1n) is 14.1. The number of halogens is 3. The zero-order valence-corrected chi connectivity index (χ0v) is 24.1. The minimum Gasteiger partial charge on any atom is -0.496 e. The topological polar surface area (TPSA) is 123 Å². The molecule has 0 radical (unpaired) electrons. The number of fused-ring (bicyclic) bond motifs is 1. The maximum absolute atomic E-state index is 13.5. The molecule has 1 fully saturated rings. The zero-order chi connectivity index (χ0) is 30.9. The van der Waals surface area contributed by atoms with Crippen LogP contribution in [0.1, 0.15) is 54.7 Å². The van der Waals surface area contributed by atoms with Gasteiger partial charge in [0.1, 0.15) is 17.4 Å². The molecule has 10 nitrogen and oxygen atoms in total. The van der Waals surface area contributed by atoms with E-state index in [1.54, 1.807) is 27.0 Å². The maximum Gasteiger partial charge on any atom is 0.416 e. The first kappa shape index (κ1) is 30.2. The second-order valence-corrected chi connectivity index (χ2v) is 10.9. The van der Waals surface area contributed by atoms with Crippen molar-refractivity contribution in [2.75, 3.05) is 38.6 Å². The second kappa shape index (κ2) is 12.2. The number of alkyl halides is 3. The quantitative estimate of drug-likeness (QED) is 0.264. The van der Waals surface area contributed by atoms with Crippen molar-refractivity contribution in [1.29, 1.82) is 0 Å². The highest BCUT2D eigenvalue weighted by atomic mass is 19.4. The van der Waals surface area contributed by atoms with Crippen molar-refractivity contribution in [3.8, 4) is 5.75 Å². The molecule has 0 aliphatic carbocycles. The van der Waals surface area contributed by atoms with Crippen molar-refractivity contribution in [1.82, 2.24) is 20.2 Å². The monoisotopic (exact) mass is 598 g/mol. The number of nitro groups is 1. The molecule has 228 valence electrons. The Hall–Kier alpha value is -4.26. The van der Waals surface area contributed by atoms with E-state index in [0.717, 1.165) is 49.2 Å². The number of methoxy groups -OCH3 is 1. The Morgan fingerprint density at radius 2 is 1.93 bits per heavy atom. The van der Waals surface area contributed by atoms with Crippen LogP contribution in [-0.4, -0.2) is 59.0 Å². The summed E-state index contributed by atoms with van der Waals surface area (Å²) >= 11 is 0. The minimum atomic E-state index is -4.74. The number of non-ortho nitro benzene ring substituents is 1. The van der Waals surface area contributed by atoms with Crippen LogP contribution in [0.3, 0.4) is 0 Å². The van der Waals surface area contributed by atoms with Gasteiger partial charge in [0.05, 0.1) is 29.2 Å². The van der Waals surface area contributed by atoms with Gasteiger partial charge in [-0.3, -0.25) is 14.9 Å². The molecule has 5 rings (SSSR count). The third kappa shape index (κ3) is 6.56. The Kier molecular flexibility index (Phi) is 8.54. The first-order valence-corrected chi connectivity index (χ1v) is 14.1. The lowest BCUT2D eigenvalue weighted by molar-refractivity contribution is -0.385. The van der Waals surface area contributed by atoms with Gasteiger partial charge in [-0.1, -0.05) is 6.08 Å². The van der Waals surface area contributed by atoms with E-state index in [4.69, 9.17) is 4.74 Å². The number of nitrogens with one attached hydrogen (secondary N) is 2. The normalized spacial score (nSPS) is 17.0. The summed E-state index contributed by atoms with van der Waals surface area (Å²) in [4.78, 5) is 34.5. The van der Waals surface area contributed by atoms with Crippen LogP contribution in [0.4, 0.5) is 24.7 Å². The summed E-state index contributed by atoms with van der Waals surface area (Å²) in [6.45, 7) is 6.07. The number of ether oxygens (including phenoxy) is 1. The molecule has 2 aromatic carbocycles. The molecule has 43 heavy (non-hydrogen) atoms. The molecule has 1 saturated heterocycles. The summed E-state index contributed by atoms with van der Waals surface area (Å²) in [6.07, 6.45) is -0.416. The Labute approximate surface area is 246 Å². The number of carbonyl (C=O) groups is 1. The highest BCUT2D eigenvalue weighted by Crippen LogP contribution is 2.38. The molecule has 3 aromatic rings. The number of hydrogen-bond donors (Lipinski definition) is 2. The van der Waals surface area contributed by atoms with Gasteiger partial charge >= 0.3 is 6.18 Å². The molecular formula is C30H33F3N6O4. The van der Waals surface area contributed by atoms with E-state index in [9.17, 15) is 28.1 Å². The van der Waals surface area contributed by atoms with Crippen molar-refractivity contribution in [2.24, 2.45) is 5.92 Å². The number of nitrogens with zero attached hydrogens (tertiary/aromatic N) is 4. The average Bonchev–Trinajstić information content (AvgIpc) is 2.99. The largest absolute Gasteiger partial charge is 0.496 e. The highest BCUT2D eigenvalue weighted by molar-refractivity contribution is 5.94. The second-order valence-electron chi connectivity index (χ2n) is 10.9. The molecule has 13 heteroatoms. The number of anilines is 1. The van der Waals surface area contributed by atoms with Crippen LogP contribution in [0, 0.1) is 23.0 Å². The fourth-order valence-corrected chi connectivity index (χ4v) is 5.69. The standard InChI is InChI=1S/C30H33F3N6O4/c1-17(21-12-22(30(31,32)33)14-23(13-21)39(41)42)35-28-25-15-24(27(43-3)16-26(25)36-18(2)37-28)19-6-10-38(11-7-19)29(40)20-4-8-34-9-5-20/h6,12-17,20,34H,4-5,7-11H2,1-3H3,(H,35,36,37). The SMILES string of the molecule is COc1cc2nc(C)nc(NC(C)c3cc([N+](=O)[O-])cc(C(F)(F)F)c3)c2cc1C1=CCN(C(=O)C2CCNCC2)CC1. The Morgan fingerprint density at radius 1 is 1.19 bits per heavy atom. The van der Waals surface area contributed by atoms with Crippen LogP contribution >= 0.6 is 0 Å². The average molecular weight is 599 g/mol. The molecule has 2 aliphatic heterocycles. The summed E-state index contributed by atoms with van der Waals surface area (Å²) in [5.74, 6) is 1.62. The van der Waals surface area contributed by atoms with Gasteiger partial charge in [0.2, 0.25) is 5.91 Å².